The molecule has 1 aliphatic rings. The number of piperidine rings is 1. The van der Waals surface area contributed by atoms with Gasteiger partial charge in [0.2, 0.25) is 0 Å². The first-order valence-electron chi connectivity index (χ1n) is 8.61. The third-order valence-corrected chi connectivity index (χ3v) is 5.05. The summed E-state index contributed by atoms with van der Waals surface area (Å²) in [7, 11) is 0. The molecule has 26 heavy (non-hydrogen) atoms. The summed E-state index contributed by atoms with van der Waals surface area (Å²) in [6, 6.07) is 8.96. The van der Waals surface area contributed by atoms with Gasteiger partial charge in [0.1, 0.15) is 5.82 Å². The Labute approximate surface area is 159 Å². The minimum absolute atomic E-state index is 0.0554. The number of rotatable bonds is 5. The summed E-state index contributed by atoms with van der Waals surface area (Å²) < 4.78 is 18.7. The summed E-state index contributed by atoms with van der Waals surface area (Å²) >= 11 is 3.17. The van der Waals surface area contributed by atoms with Crippen molar-refractivity contribution in [1.82, 2.24) is 10.2 Å². The molecule has 1 saturated heterocycles. The lowest BCUT2D eigenvalue weighted by molar-refractivity contribution is 0.0686. The van der Waals surface area contributed by atoms with Gasteiger partial charge in [-0.2, -0.15) is 0 Å². The van der Waals surface area contributed by atoms with Crippen LogP contribution in [0.4, 0.5) is 4.39 Å². The molecule has 1 aliphatic heterocycles. The van der Waals surface area contributed by atoms with E-state index >= 15 is 0 Å². The molecular weight excluding hydrogens is 403 g/mol. The molecule has 3 rings (SSSR count). The Bertz CT molecular complexity index is 767. The number of hydrogen-bond donors (Lipinski definition) is 1. The van der Waals surface area contributed by atoms with Crippen molar-refractivity contribution in [2.75, 3.05) is 19.6 Å². The Morgan fingerprint density at radius 3 is 2.46 bits per heavy atom. The summed E-state index contributed by atoms with van der Waals surface area (Å²) in [4.78, 5) is 26.1. The van der Waals surface area contributed by atoms with E-state index in [1.54, 1.807) is 12.1 Å². The summed E-state index contributed by atoms with van der Waals surface area (Å²) in [6.45, 7) is 1.94. The maximum atomic E-state index is 13.0. The SMILES string of the molecule is O=C(NCCC1CCN(C(=O)c2ccc(F)cc2)CC1)c1ccc(Br)o1. The zero-order valence-corrected chi connectivity index (χ0v) is 15.8. The Hall–Kier alpha value is -2.15. The number of likely N-dealkylation sites (tertiary alicyclic amines) is 1. The van der Waals surface area contributed by atoms with Gasteiger partial charge in [0.25, 0.3) is 11.8 Å². The van der Waals surface area contributed by atoms with Crippen molar-refractivity contribution in [3.8, 4) is 0 Å². The minimum Gasteiger partial charge on any atom is -0.444 e. The van der Waals surface area contributed by atoms with Crippen molar-refractivity contribution < 1.29 is 18.4 Å². The smallest absolute Gasteiger partial charge is 0.287 e. The molecule has 0 spiro atoms. The topological polar surface area (TPSA) is 62.6 Å². The molecule has 0 unspecified atom stereocenters. The molecule has 138 valence electrons. The lowest BCUT2D eigenvalue weighted by atomic mass is 9.93. The van der Waals surface area contributed by atoms with E-state index in [-0.39, 0.29) is 23.4 Å². The van der Waals surface area contributed by atoms with Gasteiger partial charge >= 0.3 is 0 Å². The van der Waals surface area contributed by atoms with Crippen molar-refractivity contribution >= 4 is 27.7 Å². The number of carbonyl (C=O) groups excluding carboxylic acids is 2. The summed E-state index contributed by atoms with van der Waals surface area (Å²) in [6.07, 6.45) is 2.66. The number of hydrogen-bond acceptors (Lipinski definition) is 3. The van der Waals surface area contributed by atoms with E-state index in [4.69, 9.17) is 4.42 Å². The van der Waals surface area contributed by atoms with Crippen molar-refractivity contribution in [2.45, 2.75) is 19.3 Å². The molecule has 0 radical (unpaired) electrons. The average Bonchev–Trinajstić information content (AvgIpc) is 3.09. The fraction of sp³-hybridized carbons (Fsp3) is 0.368. The number of benzene rings is 1. The fourth-order valence-electron chi connectivity index (χ4n) is 3.11. The van der Waals surface area contributed by atoms with Crippen molar-refractivity contribution in [3.05, 3.63) is 58.2 Å². The number of nitrogens with one attached hydrogen (secondary N) is 1. The van der Waals surface area contributed by atoms with E-state index in [9.17, 15) is 14.0 Å². The van der Waals surface area contributed by atoms with E-state index in [0.29, 0.717) is 35.8 Å². The van der Waals surface area contributed by atoms with Crippen LogP contribution in [-0.2, 0) is 0 Å². The maximum Gasteiger partial charge on any atom is 0.287 e. The van der Waals surface area contributed by atoms with Crippen molar-refractivity contribution in [1.29, 1.82) is 0 Å². The highest BCUT2D eigenvalue weighted by Crippen LogP contribution is 2.22. The molecule has 0 bridgehead atoms. The minimum atomic E-state index is -0.343. The first kappa shape index (κ1) is 18.6. The lowest BCUT2D eigenvalue weighted by Crippen LogP contribution is -2.39. The maximum absolute atomic E-state index is 13.0. The summed E-state index contributed by atoms with van der Waals surface area (Å²) in [5, 5.41) is 2.86. The highest BCUT2D eigenvalue weighted by Gasteiger charge is 2.23. The van der Waals surface area contributed by atoms with Gasteiger partial charge in [0.15, 0.2) is 10.4 Å². The largest absolute Gasteiger partial charge is 0.444 e. The van der Waals surface area contributed by atoms with E-state index < -0.39 is 0 Å². The quantitative estimate of drug-likeness (QED) is 0.795. The predicted octanol–water partition coefficient (Wildman–Crippen LogP) is 3.85. The fourth-order valence-corrected chi connectivity index (χ4v) is 3.42. The number of amides is 2. The Morgan fingerprint density at radius 2 is 1.85 bits per heavy atom. The highest BCUT2D eigenvalue weighted by molar-refractivity contribution is 9.10. The molecule has 0 atom stereocenters. The van der Waals surface area contributed by atoms with Gasteiger partial charge in [-0.1, -0.05) is 0 Å². The third-order valence-electron chi connectivity index (χ3n) is 4.63. The molecule has 1 aromatic carbocycles. The van der Waals surface area contributed by atoms with Gasteiger partial charge in [0.05, 0.1) is 0 Å². The summed E-state index contributed by atoms with van der Waals surface area (Å²) in [5.41, 5.74) is 0.515. The van der Waals surface area contributed by atoms with Crippen LogP contribution < -0.4 is 5.32 Å². The van der Waals surface area contributed by atoms with Gasteiger partial charge in [-0.05, 0) is 77.5 Å². The number of furan rings is 1. The van der Waals surface area contributed by atoms with E-state index in [2.05, 4.69) is 21.2 Å². The van der Waals surface area contributed by atoms with Gasteiger partial charge in [-0.15, -0.1) is 0 Å². The molecule has 1 N–H and O–H groups in total. The number of halogens is 2. The van der Waals surface area contributed by atoms with E-state index in [1.807, 2.05) is 4.90 Å². The summed E-state index contributed by atoms with van der Waals surface area (Å²) in [5.74, 6) is 0.136. The van der Waals surface area contributed by atoms with Crippen molar-refractivity contribution in [2.24, 2.45) is 5.92 Å². The zero-order valence-electron chi connectivity index (χ0n) is 14.2. The van der Waals surface area contributed by atoms with Crippen LogP contribution >= 0.6 is 15.9 Å². The number of carbonyl (C=O) groups is 2. The Morgan fingerprint density at radius 1 is 1.15 bits per heavy atom. The van der Waals surface area contributed by atoms with E-state index in [1.165, 1.54) is 24.3 Å². The first-order chi connectivity index (χ1) is 12.5. The standard InChI is InChI=1S/C19H20BrFN2O3/c20-17-6-5-16(26-17)18(24)22-10-7-13-8-11-23(12-9-13)19(25)14-1-3-15(21)4-2-14/h1-6,13H,7-12H2,(H,22,24). The van der Waals surface area contributed by atoms with Crippen LogP contribution in [0.25, 0.3) is 0 Å². The van der Waals surface area contributed by atoms with Crippen LogP contribution in [0, 0.1) is 11.7 Å². The van der Waals surface area contributed by atoms with Gasteiger partial charge in [0, 0.05) is 25.2 Å². The molecule has 2 heterocycles. The van der Waals surface area contributed by atoms with Gasteiger partial charge in [-0.3, -0.25) is 9.59 Å². The molecular formula is C19H20BrFN2O3. The normalized spacial score (nSPS) is 15.1. The van der Waals surface area contributed by atoms with Crippen LogP contribution in [0.5, 0.6) is 0 Å². The highest BCUT2D eigenvalue weighted by atomic mass is 79.9. The van der Waals surface area contributed by atoms with Gasteiger partial charge < -0.3 is 14.6 Å². The molecule has 5 nitrogen and oxygen atoms in total. The Kier molecular flexibility index (Phi) is 6.08. The van der Waals surface area contributed by atoms with Crippen LogP contribution in [0.15, 0.2) is 45.5 Å². The first-order valence-corrected chi connectivity index (χ1v) is 9.40. The predicted molar refractivity (Wildman–Crippen MR) is 98.4 cm³/mol. The van der Waals surface area contributed by atoms with Crippen LogP contribution in [0.2, 0.25) is 0 Å². The molecule has 2 amide bonds. The van der Waals surface area contributed by atoms with Crippen LogP contribution in [0.3, 0.4) is 0 Å². The third kappa shape index (κ3) is 4.72. The molecule has 1 aromatic heterocycles. The Balaban J connectivity index is 1.40. The monoisotopic (exact) mass is 422 g/mol. The van der Waals surface area contributed by atoms with Crippen LogP contribution in [0.1, 0.15) is 40.2 Å². The number of nitrogens with zero attached hydrogens (tertiary/aromatic N) is 1. The molecule has 2 aromatic rings. The molecule has 7 heteroatoms. The second-order valence-corrected chi connectivity index (χ2v) is 7.17. The molecule has 0 saturated carbocycles. The van der Waals surface area contributed by atoms with Crippen molar-refractivity contribution in [3.63, 3.8) is 0 Å². The lowest BCUT2D eigenvalue weighted by Gasteiger charge is -2.32. The van der Waals surface area contributed by atoms with E-state index in [0.717, 1.165) is 19.3 Å². The molecule has 1 fully saturated rings. The second kappa shape index (κ2) is 8.49. The zero-order chi connectivity index (χ0) is 18.5. The second-order valence-electron chi connectivity index (χ2n) is 6.39. The van der Waals surface area contributed by atoms with Gasteiger partial charge in [-0.25, -0.2) is 4.39 Å². The molecule has 0 aliphatic carbocycles. The van der Waals surface area contributed by atoms with Crippen LogP contribution in [-0.4, -0.2) is 36.3 Å². The average molecular weight is 423 g/mol.